The van der Waals surface area contributed by atoms with E-state index in [4.69, 9.17) is 4.74 Å². The molecule has 0 saturated carbocycles. The maximum atomic E-state index is 12.5. The number of anilines is 1. The van der Waals surface area contributed by atoms with E-state index in [1.54, 1.807) is 7.11 Å². The second-order valence-electron chi connectivity index (χ2n) is 6.00. The van der Waals surface area contributed by atoms with Gasteiger partial charge in [0.1, 0.15) is 5.75 Å². The minimum atomic E-state index is -0.0601. The molecule has 2 atom stereocenters. The number of benzene rings is 1. The number of carbonyl (C=O) groups excluding carboxylic acids is 1. The summed E-state index contributed by atoms with van der Waals surface area (Å²) >= 11 is 0. The Bertz CT molecular complexity index is 506. The average molecular weight is 305 g/mol. The topological polar surface area (TPSA) is 44.8 Å². The molecule has 0 spiro atoms. The molecule has 0 radical (unpaired) electrons. The zero-order valence-corrected chi connectivity index (χ0v) is 14.0. The van der Waals surface area contributed by atoms with Gasteiger partial charge in [-0.2, -0.15) is 0 Å². The van der Waals surface area contributed by atoms with Crippen LogP contribution in [0.25, 0.3) is 0 Å². The van der Waals surface area contributed by atoms with E-state index in [9.17, 15) is 4.79 Å². The summed E-state index contributed by atoms with van der Waals surface area (Å²) in [7, 11) is 3.51. The molecule has 1 saturated heterocycles. The number of methoxy groups -OCH3 is 1. The van der Waals surface area contributed by atoms with Crippen molar-refractivity contribution in [3.8, 4) is 5.75 Å². The van der Waals surface area contributed by atoms with Gasteiger partial charge in [0.2, 0.25) is 0 Å². The Kier molecular flexibility index (Phi) is 5.66. The van der Waals surface area contributed by atoms with Crippen LogP contribution in [0.15, 0.2) is 24.3 Å². The van der Waals surface area contributed by atoms with Crippen LogP contribution in [0.4, 0.5) is 10.5 Å². The number of amides is 2. The van der Waals surface area contributed by atoms with Crippen molar-refractivity contribution < 1.29 is 9.53 Å². The molecule has 5 nitrogen and oxygen atoms in total. The third-order valence-corrected chi connectivity index (χ3v) is 4.53. The maximum Gasteiger partial charge on any atom is 0.321 e. The van der Waals surface area contributed by atoms with Crippen LogP contribution in [0, 0.1) is 5.92 Å². The average Bonchev–Trinajstić information content (AvgIpc) is 2.54. The van der Waals surface area contributed by atoms with Crippen LogP contribution in [-0.2, 0) is 0 Å². The highest BCUT2D eigenvalue weighted by molar-refractivity contribution is 5.89. The van der Waals surface area contributed by atoms with E-state index in [0.29, 0.717) is 5.92 Å². The molecule has 122 valence electrons. The van der Waals surface area contributed by atoms with Crippen molar-refractivity contribution in [2.24, 2.45) is 5.92 Å². The smallest absolute Gasteiger partial charge is 0.321 e. The first kappa shape index (κ1) is 16.6. The van der Waals surface area contributed by atoms with Crippen molar-refractivity contribution in [1.29, 1.82) is 0 Å². The quantitative estimate of drug-likeness (QED) is 0.930. The van der Waals surface area contributed by atoms with Crippen molar-refractivity contribution in [1.82, 2.24) is 9.80 Å². The van der Waals surface area contributed by atoms with E-state index < -0.39 is 0 Å². The predicted octanol–water partition coefficient (Wildman–Crippen LogP) is 2.89. The number of rotatable bonds is 4. The first-order valence-corrected chi connectivity index (χ1v) is 7.95. The van der Waals surface area contributed by atoms with Crippen LogP contribution in [0.3, 0.4) is 0 Å². The number of piperidine rings is 1. The summed E-state index contributed by atoms with van der Waals surface area (Å²) < 4.78 is 5.18. The molecule has 0 bridgehead atoms. The van der Waals surface area contributed by atoms with Crippen LogP contribution in [0.2, 0.25) is 0 Å². The van der Waals surface area contributed by atoms with Gasteiger partial charge in [-0.1, -0.05) is 19.9 Å². The van der Waals surface area contributed by atoms with E-state index in [2.05, 4.69) is 24.1 Å². The SMILES string of the molecule is CCN1CC[C@H](N(C)C(=O)Nc2cccc(OC)c2)[C@H](C)C1. The first-order chi connectivity index (χ1) is 10.5. The van der Waals surface area contributed by atoms with Gasteiger partial charge in [-0.15, -0.1) is 0 Å². The second-order valence-corrected chi connectivity index (χ2v) is 6.00. The predicted molar refractivity (Wildman–Crippen MR) is 89.5 cm³/mol. The first-order valence-electron chi connectivity index (χ1n) is 7.95. The Labute approximate surface area is 133 Å². The summed E-state index contributed by atoms with van der Waals surface area (Å²) in [4.78, 5) is 16.8. The van der Waals surface area contributed by atoms with Gasteiger partial charge in [0.05, 0.1) is 7.11 Å². The molecule has 5 heteroatoms. The molecule has 1 aliphatic rings. The van der Waals surface area contributed by atoms with E-state index in [0.717, 1.165) is 37.5 Å². The third-order valence-electron chi connectivity index (χ3n) is 4.53. The standard InChI is InChI=1S/C17H27N3O2/c1-5-20-10-9-16(13(2)12-20)19(3)17(21)18-14-7-6-8-15(11-14)22-4/h6-8,11,13,16H,5,9-10,12H2,1-4H3,(H,18,21)/t13-,16+/m1/s1. The molecule has 2 rings (SSSR count). The van der Waals surface area contributed by atoms with Crippen molar-refractivity contribution in [2.45, 2.75) is 26.3 Å². The van der Waals surface area contributed by atoms with Gasteiger partial charge in [-0.25, -0.2) is 4.79 Å². The Morgan fingerprint density at radius 2 is 2.27 bits per heavy atom. The lowest BCUT2D eigenvalue weighted by atomic mass is 9.93. The minimum Gasteiger partial charge on any atom is -0.497 e. The zero-order chi connectivity index (χ0) is 16.1. The second kappa shape index (κ2) is 7.49. The lowest BCUT2D eigenvalue weighted by molar-refractivity contribution is 0.101. The number of ether oxygens (including phenoxy) is 1. The molecule has 1 N–H and O–H groups in total. The molecule has 1 fully saturated rings. The monoisotopic (exact) mass is 305 g/mol. The van der Waals surface area contributed by atoms with Gasteiger partial charge < -0.3 is 19.9 Å². The molecule has 2 amide bonds. The molecule has 1 aliphatic heterocycles. The highest BCUT2D eigenvalue weighted by Crippen LogP contribution is 2.22. The molecule has 1 aromatic rings. The van der Waals surface area contributed by atoms with Crippen molar-refractivity contribution >= 4 is 11.7 Å². The van der Waals surface area contributed by atoms with Crippen molar-refractivity contribution in [2.75, 3.05) is 39.1 Å². The number of nitrogens with zero attached hydrogens (tertiary/aromatic N) is 2. The van der Waals surface area contributed by atoms with Crippen molar-refractivity contribution in [3.63, 3.8) is 0 Å². The molecule has 0 unspecified atom stereocenters. The number of hydrogen-bond acceptors (Lipinski definition) is 3. The summed E-state index contributed by atoms with van der Waals surface area (Å²) in [5.41, 5.74) is 0.759. The summed E-state index contributed by atoms with van der Waals surface area (Å²) in [5, 5.41) is 2.95. The Hall–Kier alpha value is -1.75. The van der Waals surface area contributed by atoms with Gasteiger partial charge in [0.15, 0.2) is 0 Å². The fraction of sp³-hybridized carbons (Fsp3) is 0.588. The Morgan fingerprint density at radius 1 is 1.50 bits per heavy atom. The van der Waals surface area contributed by atoms with E-state index in [1.807, 2.05) is 36.2 Å². The van der Waals surface area contributed by atoms with Crippen LogP contribution in [0.1, 0.15) is 20.3 Å². The van der Waals surface area contributed by atoms with Gasteiger partial charge >= 0.3 is 6.03 Å². The highest BCUT2D eigenvalue weighted by atomic mass is 16.5. The molecular formula is C17H27N3O2. The van der Waals surface area contributed by atoms with Crippen LogP contribution in [-0.4, -0.2) is 55.7 Å². The Morgan fingerprint density at radius 3 is 2.91 bits per heavy atom. The normalized spacial score (nSPS) is 22.2. The fourth-order valence-corrected chi connectivity index (χ4v) is 3.15. The zero-order valence-electron chi connectivity index (χ0n) is 14.0. The van der Waals surface area contributed by atoms with Gasteiger partial charge in [-0.3, -0.25) is 0 Å². The van der Waals surface area contributed by atoms with E-state index in [-0.39, 0.29) is 12.1 Å². The molecular weight excluding hydrogens is 278 g/mol. The number of carbonyl (C=O) groups is 1. The number of likely N-dealkylation sites (tertiary alicyclic amines) is 1. The van der Waals surface area contributed by atoms with E-state index >= 15 is 0 Å². The third kappa shape index (κ3) is 3.91. The van der Waals surface area contributed by atoms with E-state index in [1.165, 1.54) is 0 Å². The number of nitrogens with one attached hydrogen (secondary N) is 1. The van der Waals surface area contributed by atoms with Gasteiger partial charge in [0.25, 0.3) is 0 Å². The summed E-state index contributed by atoms with van der Waals surface area (Å²) in [6.45, 7) is 7.60. The molecule has 0 aromatic heterocycles. The minimum absolute atomic E-state index is 0.0601. The fourth-order valence-electron chi connectivity index (χ4n) is 3.15. The molecule has 1 aromatic carbocycles. The molecule has 1 heterocycles. The van der Waals surface area contributed by atoms with Crippen LogP contribution >= 0.6 is 0 Å². The van der Waals surface area contributed by atoms with Gasteiger partial charge in [-0.05, 0) is 31.0 Å². The summed E-state index contributed by atoms with van der Waals surface area (Å²) in [6.07, 6.45) is 1.02. The largest absolute Gasteiger partial charge is 0.497 e. The highest BCUT2D eigenvalue weighted by Gasteiger charge is 2.30. The van der Waals surface area contributed by atoms with Crippen LogP contribution < -0.4 is 10.1 Å². The summed E-state index contributed by atoms with van der Waals surface area (Å²) in [5.74, 6) is 1.22. The Balaban J connectivity index is 1.97. The summed E-state index contributed by atoms with van der Waals surface area (Å²) in [6, 6.07) is 7.66. The number of hydrogen-bond donors (Lipinski definition) is 1. The lowest BCUT2D eigenvalue weighted by Gasteiger charge is -2.40. The maximum absolute atomic E-state index is 12.5. The lowest BCUT2D eigenvalue weighted by Crippen LogP contribution is -2.51. The molecule has 22 heavy (non-hydrogen) atoms. The number of urea groups is 1. The van der Waals surface area contributed by atoms with Crippen molar-refractivity contribution in [3.05, 3.63) is 24.3 Å². The van der Waals surface area contributed by atoms with Crippen LogP contribution in [0.5, 0.6) is 5.75 Å². The molecule has 0 aliphatic carbocycles. The van der Waals surface area contributed by atoms with Gasteiger partial charge in [0, 0.05) is 37.9 Å².